The predicted molar refractivity (Wildman–Crippen MR) is 78.7 cm³/mol. The number of hydrogen-bond acceptors (Lipinski definition) is 2. The zero-order chi connectivity index (χ0) is 13.7. The Hall–Kier alpha value is -2.11. The van der Waals surface area contributed by atoms with Gasteiger partial charge in [-0.05, 0) is 47.9 Å². The van der Waals surface area contributed by atoms with Crippen molar-refractivity contribution in [3.63, 3.8) is 0 Å². The van der Waals surface area contributed by atoms with Crippen LogP contribution in [0.15, 0.2) is 42.5 Å². The lowest BCUT2D eigenvalue weighted by atomic mass is 9.97. The van der Waals surface area contributed by atoms with E-state index in [0.717, 1.165) is 18.7 Å². The molecule has 2 rings (SSSR count). The molecule has 2 heteroatoms. The first kappa shape index (κ1) is 13.3. The summed E-state index contributed by atoms with van der Waals surface area (Å²) in [5.74, 6) is 0. The van der Waals surface area contributed by atoms with Crippen LogP contribution in [0.25, 0.3) is 11.1 Å². The van der Waals surface area contributed by atoms with Gasteiger partial charge in [-0.1, -0.05) is 37.3 Å². The van der Waals surface area contributed by atoms with Crippen LogP contribution in [0.5, 0.6) is 0 Å². The van der Waals surface area contributed by atoms with Crippen molar-refractivity contribution in [1.29, 1.82) is 5.26 Å². The molecular formula is C17H18N2. The summed E-state index contributed by atoms with van der Waals surface area (Å²) in [6.45, 7) is 6.10. The van der Waals surface area contributed by atoms with E-state index in [0.29, 0.717) is 5.56 Å². The van der Waals surface area contributed by atoms with Gasteiger partial charge in [0.15, 0.2) is 0 Å². The average Bonchev–Trinajstić information content (AvgIpc) is 2.45. The Labute approximate surface area is 114 Å². The van der Waals surface area contributed by atoms with Gasteiger partial charge in [-0.15, -0.1) is 0 Å². The van der Waals surface area contributed by atoms with Crippen LogP contribution in [-0.4, -0.2) is 6.54 Å². The molecule has 0 heterocycles. The fourth-order valence-electron chi connectivity index (χ4n) is 2.19. The van der Waals surface area contributed by atoms with Gasteiger partial charge in [0.1, 0.15) is 0 Å². The highest BCUT2D eigenvalue weighted by molar-refractivity contribution is 5.68. The minimum Gasteiger partial charge on any atom is -0.313 e. The second-order valence-corrected chi connectivity index (χ2v) is 4.62. The summed E-state index contributed by atoms with van der Waals surface area (Å²) in [6, 6.07) is 16.4. The Balaban J connectivity index is 2.32. The Morgan fingerprint density at radius 2 is 2.00 bits per heavy atom. The van der Waals surface area contributed by atoms with Gasteiger partial charge in [-0.2, -0.15) is 5.26 Å². The normalized spacial score (nSPS) is 10.2. The van der Waals surface area contributed by atoms with Crippen LogP contribution in [0, 0.1) is 18.3 Å². The summed E-state index contributed by atoms with van der Waals surface area (Å²) < 4.78 is 0. The highest BCUT2D eigenvalue weighted by Crippen LogP contribution is 2.25. The second kappa shape index (κ2) is 6.17. The van der Waals surface area contributed by atoms with Crippen molar-refractivity contribution in [3.8, 4) is 17.2 Å². The average molecular weight is 250 g/mol. The maximum Gasteiger partial charge on any atom is 0.0991 e. The zero-order valence-electron chi connectivity index (χ0n) is 11.4. The van der Waals surface area contributed by atoms with Crippen LogP contribution in [0.2, 0.25) is 0 Å². The minimum atomic E-state index is 0.702. The van der Waals surface area contributed by atoms with E-state index in [9.17, 15) is 0 Å². The Morgan fingerprint density at radius 3 is 2.68 bits per heavy atom. The van der Waals surface area contributed by atoms with Crippen LogP contribution in [0.1, 0.15) is 23.6 Å². The number of benzene rings is 2. The van der Waals surface area contributed by atoms with E-state index in [2.05, 4.69) is 43.4 Å². The van der Waals surface area contributed by atoms with E-state index in [-0.39, 0.29) is 0 Å². The highest BCUT2D eigenvalue weighted by atomic mass is 14.8. The van der Waals surface area contributed by atoms with Crippen LogP contribution >= 0.6 is 0 Å². The van der Waals surface area contributed by atoms with Crippen molar-refractivity contribution in [2.75, 3.05) is 6.54 Å². The SMILES string of the molecule is CCNCc1ccc(-c2cccc(C#N)c2)c(C)c1. The summed E-state index contributed by atoms with van der Waals surface area (Å²) in [4.78, 5) is 0. The lowest BCUT2D eigenvalue weighted by Crippen LogP contribution is -2.11. The predicted octanol–water partition coefficient (Wildman–Crippen LogP) is 3.64. The van der Waals surface area contributed by atoms with Crippen molar-refractivity contribution in [2.45, 2.75) is 20.4 Å². The molecule has 96 valence electrons. The van der Waals surface area contributed by atoms with Gasteiger partial charge in [0.05, 0.1) is 11.6 Å². The van der Waals surface area contributed by atoms with Crippen LogP contribution in [0.4, 0.5) is 0 Å². The Kier molecular flexibility index (Phi) is 4.33. The molecule has 0 aromatic heterocycles. The molecule has 0 bridgehead atoms. The largest absolute Gasteiger partial charge is 0.313 e. The molecule has 0 unspecified atom stereocenters. The van der Waals surface area contributed by atoms with Gasteiger partial charge in [-0.3, -0.25) is 0 Å². The lowest BCUT2D eigenvalue weighted by Gasteiger charge is -2.09. The van der Waals surface area contributed by atoms with Crippen LogP contribution in [-0.2, 0) is 6.54 Å². The van der Waals surface area contributed by atoms with E-state index in [1.807, 2.05) is 24.3 Å². The fourth-order valence-corrected chi connectivity index (χ4v) is 2.19. The van der Waals surface area contributed by atoms with E-state index >= 15 is 0 Å². The van der Waals surface area contributed by atoms with E-state index in [1.54, 1.807) is 0 Å². The molecule has 0 saturated heterocycles. The number of nitriles is 1. The number of nitrogens with zero attached hydrogens (tertiary/aromatic N) is 1. The van der Waals surface area contributed by atoms with Crippen LogP contribution < -0.4 is 5.32 Å². The van der Waals surface area contributed by atoms with E-state index in [1.165, 1.54) is 16.7 Å². The molecule has 2 nitrogen and oxygen atoms in total. The second-order valence-electron chi connectivity index (χ2n) is 4.62. The lowest BCUT2D eigenvalue weighted by molar-refractivity contribution is 0.726. The summed E-state index contributed by atoms with van der Waals surface area (Å²) in [6.07, 6.45) is 0. The monoisotopic (exact) mass is 250 g/mol. The summed E-state index contributed by atoms with van der Waals surface area (Å²) in [5.41, 5.74) is 5.53. The summed E-state index contributed by atoms with van der Waals surface area (Å²) in [5, 5.41) is 12.3. The van der Waals surface area contributed by atoms with Crippen molar-refractivity contribution < 1.29 is 0 Å². The first-order valence-electron chi connectivity index (χ1n) is 6.55. The fraction of sp³-hybridized carbons (Fsp3) is 0.235. The molecule has 0 atom stereocenters. The van der Waals surface area contributed by atoms with Gasteiger partial charge in [0.2, 0.25) is 0 Å². The quantitative estimate of drug-likeness (QED) is 0.899. The number of rotatable bonds is 4. The van der Waals surface area contributed by atoms with Crippen molar-refractivity contribution in [1.82, 2.24) is 5.32 Å². The molecule has 0 amide bonds. The summed E-state index contributed by atoms with van der Waals surface area (Å²) >= 11 is 0. The van der Waals surface area contributed by atoms with E-state index < -0.39 is 0 Å². The highest BCUT2D eigenvalue weighted by Gasteiger charge is 2.04. The van der Waals surface area contributed by atoms with Gasteiger partial charge in [-0.25, -0.2) is 0 Å². The molecule has 0 aliphatic heterocycles. The Morgan fingerprint density at radius 1 is 1.16 bits per heavy atom. The molecule has 0 saturated carbocycles. The van der Waals surface area contributed by atoms with Gasteiger partial charge in [0.25, 0.3) is 0 Å². The van der Waals surface area contributed by atoms with Gasteiger partial charge < -0.3 is 5.32 Å². The molecule has 0 spiro atoms. The third-order valence-electron chi connectivity index (χ3n) is 3.17. The van der Waals surface area contributed by atoms with Gasteiger partial charge in [0, 0.05) is 6.54 Å². The maximum atomic E-state index is 8.96. The standard InChI is InChI=1S/C17H18N2/c1-3-19-12-15-7-8-17(13(2)9-15)16-6-4-5-14(10-16)11-18/h4-10,19H,3,12H2,1-2H3. The minimum absolute atomic E-state index is 0.702. The smallest absolute Gasteiger partial charge is 0.0991 e. The van der Waals surface area contributed by atoms with Crippen LogP contribution in [0.3, 0.4) is 0 Å². The van der Waals surface area contributed by atoms with Crippen molar-refractivity contribution in [2.24, 2.45) is 0 Å². The number of nitrogens with one attached hydrogen (secondary N) is 1. The molecule has 0 radical (unpaired) electrons. The third-order valence-corrected chi connectivity index (χ3v) is 3.17. The molecule has 0 aliphatic carbocycles. The molecule has 2 aromatic carbocycles. The number of aryl methyl sites for hydroxylation is 1. The molecule has 1 N–H and O–H groups in total. The molecule has 2 aromatic rings. The Bertz CT molecular complexity index is 609. The molecule has 19 heavy (non-hydrogen) atoms. The molecule has 0 aliphatic rings. The third kappa shape index (κ3) is 3.21. The first-order valence-corrected chi connectivity index (χ1v) is 6.55. The maximum absolute atomic E-state index is 8.96. The summed E-state index contributed by atoms with van der Waals surface area (Å²) in [7, 11) is 0. The topological polar surface area (TPSA) is 35.8 Å². The molecular weight excluding hydrogens is 232 g/mol. The van der Waals surface area contributed by atoms with Crippen molar-refractivity contribution in [3.05, 3.63) is 59.2 Å². The first-order chi connectivity index (χ1) is 9.24. The van der Waals surface area contributed by atoms with Crippen molar-refractivity contribution >= 4 is 0 Å². The molecule has 0 fully saturated rings. The van der Waals surface area contributed by atoms with Gasteiger partial charge >= 0.3 is 0 Å². The zero-order valence-corrected chi connectivity index (χ0v) is 11.4. The number of hydrogen-bond donors (Lipinski definition) is 1. The van der Waals surface area contributed by atoms with E-state index in [4.69, 9.17) is 5.26 Å².